The average molecular weight is 297 g/mol. The number of nitrogens with one attached hydrogen (secondary N) is 1. The van der Waals surface area contributed by atoms with Gasteiger partial charge < -0.3 is 5.32 Å². The molecule has 1 fully saturated rings. The molecule has 0 atom stereocenters. The fraction of sp³-hybridized carbons (Fsp3) is 0.250. The van der Waals surface area contributed by atoms with Crippen LogP contribution in [0, 0.1) is 0 Å². The summed E-state index contributed by atoms with van der Waals surface area (Å²) in [5.41, 5.74) is 1.34. The van der Waals surface area contributed by atoms with Gasteiger partial charge in [-0.3, -0.25) is 24.3 Å². The molecule has 112 valence electrons. The molecule has 2 aromatic rings. The maximum Gasteiger partial charge on any atom is 0.229 e. The number of benzene rings is 1. The van der Waals surface area contributed by atoms with Crippen LogP contribution >= 0.6 is 0 Å². The zero-order valence-corrected chi connectivity index (χ0v) is 11.9. The van der Waals surface area contributed by atoms with Crippen molar-refractivity contribution >= 4 is 34.3 Å². The quantitative estimate of drug-likeness (QED) is 0.871. The molecule has 1 aliphatic rings. The summed E-state index contributed by atoms with van der Waals surface area (Å²) >= 11 is 0. The molecular formula is C16H15N3O3. The summed E-state index contributed by atoms with van der Waals surface area (Å²) in [6.07, 6.45) is 2.24. The van der Waals surface area contributed by atoms with Crippen LogP contribution in [0.4, 0.5) is 5.69 Å². The number of imide groups is 1. The van der Waals surface area contributed by atoms with Crippen molar-refractivity contribution in [2.75, 3.05) is 11.9 Å². The van der Waals surface area contributed by atoms with Crippen LogP contribution in [-0.2, 0) is 14.4 Å². The molecule has 1 N–H and O–H groups in total. The molecule has 3 amide bonds. The Hall–Kier alpha value is -2.76. The minimum atomic E-state index is -0.245. The number of nitrogens with zero attached hydrogens (tertiary/aromatic N) is 2. The van der Waals surface area contributed by atoms with Gasteiger partial charge in [0.2, 0.25) is 17.7 Å². The van der Waals surface area contributed by atoms with Gasteiger partial charge in [-0.15, -0.1) is 0 Å². The van der Waals surface area contributed by atoms with Gasteiger partial charge >= 0.3 is 0 Å². The molecule has 0 saturated carbocycles. The van der Waals surface area contributed by atoms with Gasteiger partial charge in [0.05, 0.1) is 11.2 Å². The lowest BCUT2D eigenvalue weighted by Gasteiger charge is -2.13. The van der Waals surface area contributed by atoms with E-state index >= 15 is 0 Å². The van der Waals surface area contributed by atoms with Crippen LogP contribution in [0.1, 0.15) is 19.3 Å². The zero-order valence-electron chi connectivity index (χ0n) is 11.9. The van der Waals surface area contributed by atoms with Crippen molar-refractivity contribution in [3.8, 4) is 0 Å². The zero-order chi connectivity index (χ0) is 15.5. The fourth-order valence-corrected chi connectivity index (χ4v) is 2.50. The third kappa shape index (κ3) is 2.81. The first-order chi connectivity index (χ1) is 10.6. The number of pyridine rings is 1. The van der Waals surface area contributed by atoms with Crippen molar-refractivity contribution < 1.29 is 14.4 Å². The van der Waals surface area contributed by atoms with E-state index in [9.17, 15) is 14.4 Å². The Labute approximate surface area is 127 Å². The van der Waals surface area contributed by atoms with E-state index in [2.05, 4.69) is 10.3 Å². The number of anilines is 1. The summed E-state index contributed by atoms with van der Waals surface area (Å²) in [6, 6.07) is 9.28. The van der Waals surface area contributed by atoms with E-state index in [1.807, 2.05) is 24.3 Å². The molecule has 0 spiro atoms. The monoisotopic (exact) mass is 297 g/mol. The molecule has 0 aliphatic carbocycles. The molecule has 0 bridgehead atoms. The summed E-state index contributed by atoms with van der Waals surface area (Å²) in [5, 5.41) is 3.72. The molecule has 3 rings (SSSR count). The number of hydrogen-bond acceptors (Lipinski definition) is 4. The van der Waals surface area contributed by atoms with Gasteiger partial charge in [0.15, 0.2) is 0 Å². The summed E-state index contributed by atoms with van der Waals surface area (Å²) in [5.74, 6) is -0.653. The van der Waals surface area contributed by atoms with Crippen molar-refractivity contribution in [2.24, 2.45) is 0 Å². The molecule has 22 heavy (non-hydrogen) atoms. The van der Waals surface area contributed by atoms with Gasteiger partial charge in [0.1, 0.15) is 0 Å². The Morgan fingerprint density at radius 3 is 2.64 bits per heavy atom. The Morgan fingerprint density at radius 1 is 1.14 bits per heavy atom. The van der Waals surface area contributed by atoms with Crippen molar-refractivity contribution in [1.29, 1.82) is 0 Å². The lowest BCUT2D eigenvalue weighted by atomic mass is 10.2. The second-order valence-corrected chi connectivity index (χ2v) is 5.12. The topological polar surface area (TPSA) is 79.4 Å². The van der Waals surface area contributed by atoms with Gasteiger partial charge in [-0.05, 0) is 12.1 Å². The molecule has 6 heteroatoms. The number of hydrogen-bond donors (Lipinski definition) is 1. The maximum atomic E-state index is 12.0. The summed E-state index contributed by atoms with van der Waals surface area (Å²) in [6.45, 7) is 0.127. The molecule has 6 nitrogen and oxygen atoms in total. The van der Waals surface area contributed by atoms with Crippen LogP contribution in [0.3, 0.4) is 0 Å². The molecule has 0 unspecified atom stereocenters. The van der Waals surface area contributed by atoms with Crippen LogP contribution in [0.2, 0.25) is 0 Å². The molecular weight excluding hydrogens is 282 g/mol. The fourth-order valence-electron chi connectivity index (χ4n) is 2.50. The largest absolute Gasteiger partial charge is 0.324 e. The van der Waals surface area contributed by atoms with Crippen LogP contribution in [-0.4, -0.2) is 34.2 Å². The number of carbonyl (C=O) groups is 3. The first kappa shape index (κ1) is 14.2. The van der Waals surface area contributed by atoms with Gasteiger partial charge in [-0.2, -0.15) is 0 Å². The van der Waals surface area contributed by atoms with E-state index in [0.29, 0.717) is 11.2 Å². The second kappa shape index (κ2) is 5.93. The van der Waals surface area contributed by atoms with E-state index in [0.717, 1.165) is 10.3 Å². The van der Waals surface area contributed by atoms with E-state index in [1.54, 1.807) is 12.3 Å². The van der Waals surface area contributed by atoms with Crippen molar-refractivity contribution in [3.63, 3.8) is 0 Å². The lowest BCUT2D eigenvalue weighted by Crippen LogP contribution is -2.32. The van der Waals surface area contributed by atoms with Crippen LogP contribution < -0.4 is 5.32 Å². The summed E-state index contributed by atoms with van der Waals surface area (Å²) in [7, 11) is 0. The maximum absolute atomic E-state index is 12.0. The number of rotatable bonds is 4. The lowest BCUT2D eigenvalue weighted by molar-refractivity contribution is -0.138. The highest BCUT2D eigenvalue weighted by molar-refractivity contribution is 6.03. The van der Waals surface area contributed by atoms with Gasteiger partial charge in [0.25, 0.3) is 0 Å². The first-order valence-corrected chi connectivity index (χ1v) is 7.12. The number of likely N-dealkylation sites (tertiary alicyclic amines) is 1. The first-order valence-electron chi connectivity index (χ1n) is 7.12. The molecule has 0 radical (unpaired) electrons. The normalized spacial score (nSPS) is 14.6. The van der Waals surface area contributed by atoms with Gasteiger partial charge in [-0.25, -0.2) is 0 Å². The van der Waals surface area contributed by atoms with E-state index in [1.165, 1.54) is 0 Å². The molecule has 2 heterocycles. The van der Waals surface area contributed by atoms with Crippen molar-refractivity contribution in [3.05, 3.63) is 36.5 Å². The second-order valence-electron chi connectivity index (χ2n) is 5.12. The SMILES string of the molecule is O=C(CCN1C(=O)CCC1=O)Nc1cccc2cccnc12. The minimum absolute atomic E-state index is 0.0840. The summed E-state index contributed by atoms with van der Waals surface area (Å²) < 4.78 is 0. The van der Waals surface area contributed by atoms with Gasteiger partial charge in [-0.1, -0.05) is 18.2 Å². The highest BCUT2D eigenvalue weighted by Crippen LogP contribution is 2.21. The van der Waals surface area contributed by atoms with Crippen molar-refractivity contribution in [1.82, 2.24) is 9.88 Å². The summed E-state index contributed by atoms with van der Waals surface area (Å²) in [4.78, 5) is 40.4. The van der Waals surface area contributed by atoms with Crippen LogP contribution in [0.25, 0.3) is 10.9 Å². The van der Waals surface area contributed by atoms with Crippen LogP contribution in [0.15, 0.2) is 36.5 Å². The highest BCUT2D eigenvalue weighted by atomic mass is 16.2. The van der Waals surface area contributed by atoms with Gasteiger partial charge in [0, 0.05) is 37.4 Å². The third-order valence-electron chi connectivity index (χ3n) is 3.62. The average Bonchev–Trinajstić information content (AvgIpc) is 2.84. The van der Waals surface area contributed by atoms with E-state index in [-0.39, 0.29) is 43.5 Å². The van der Waals surface area contributed by atoms with Crippen molar-refractivity contribution in [2.45, 2.75) is 19.3 Å². The van der Waals surface area contributed by atoms with E-state index in [4.69, 9.17) is 0 Å². The number of fused-ring (bicyclic) bond motifs is 1. The Bertz CT molecular complexity index is 736. The number of amides is 3. The number of carbonyl (C=O) groups excluding carboxylic acids is 3. The highest BCUT2D eigenvalue weighted by Gasteiger charge is 2.28. The predicted molar refractivity (Wildman–Crippen MR) is 80.9 cm³/mol. The van der Waals surface area contributed by atoms with Crippen LogP contribution in [0.5, 0.6) is 0 Å². The Morgan fingerprint density at radius 2 is 1.86 bits per heavy atom. The number of para-hydroxylation sites is 1. The standard InChI is InChI=1S/C16H15N3O3/c20-13(8-10-19-14(21)6-7-15(19)22)18-12-5-1-3-11-4-2-9-17-16(11)12/h1-5,9H,6-8,10H2,(H,18,20). The minimum Gasteiger partial charge on any atom is -0.324 e. The number of aromatic nitrogens is 1. The van der Waals surface area contributed by atoms with E-state index < -0.39 is 0 Å². The molecule has 1 aromatic heterocycles. The third-order valence-corrected chi connectivity index (χ3v) is 3.62. The Kier molecular flexibility index (Phi) is 3.82. The predicted octanol–water partition coefficient (Wildman–Crippen LogP) is 1.71. The Balaban J connectivity index is 1.66. The smallest absolute Gasteiger partial charge is 0.229 e. The molecule has 1 aromatic carbocycles. The molecule has 1 aliphatic heterocycles. The molecule has 1 saturated heterocycles.